The summed E-state index contributed by atoms with van der Waals surface area (Å²) in [6.07, 6.45) is 4.36. The van der Waals surface area contributed by atoms with Crippen molar-refractivity contribution in [1.29, 1.82) is 0 Å². The standard InChI is InChI=1S/C11H14O/c1-3-4-5-6-10-9(2)7-8-11(10)12/h6,9H,3,7-8H2,1-2H3/b10-6-. The molecule has 1 aliphatic rings. The highest BCUT2D eigenvalue weighted by Crippen LogP contribution is 2.26. The minimum Gasteiger partial charge on any atom is -0.295 e. The van der Waals surface area contributed by atoms with E-state index < -0.39 is 0 Å². The second-order valence-electron chi connectivity index (χ2n) is 3.14. The molecule has 0 amide bonds. The second-order valence-corrected chi connectivity index (χ2v) is 3.14. The summed E-state index contributed by atoms with van der Waals surface area (Å²) in [5.41, 5.74) is 0.927. The first-order valence-electron chi connectivity index (χ1n) is 4.47. The highest BCUT2D eigenvalue weighted by Gasteiger charge is 2.23. The van der Waals surface area contributed by atoms with Gasteiger partial charge in [-0.1, -0.05) is 25.7 Å². The van der Waals surface area contributed by atoms with E-state index in [4.69, 9.17) is 0 Å². The molecule has 1 atom stereocenters. The summed E-state index contributed by atoms with van der Waals surface area (Å²) in [5, 5.41) is 0. The normalized spacial score (nSPS) is 25.7. The lowest BCUT2D eigenvalue weighted by atomic mass is 10.1. The number of carbonyl (C=O) groups is 1. The maximum atomic E-state index is 11.2. The Morgan fingerprint density at radius 2 is 2.42 bits per heavy atom. The molecule has 0 aromatic heterocycles. The number of allylic oxidation sites excluding steroid dienone is 2. The van der Waals surface area contributed by atoms with Crippen molar-refractivity contribution < 1.29 is 4.79 Å². The number of hydrogen-bond donors (Lipinski definition) is 0. The van der Waals surface area contributed by atoms with Gasteiger partial charge in [-0.3, -0.25) is 4.79 Å². The maximum Gasteiger partial charge on any atom is 0.159 e. The van der Waals surface area contributed by atoms with Crippen molar-refractivity contribution in [2.75, 3.05) is 0 Å². The summed E-state index contributed by atoms with van der Waals surface area (Å²) < 4.78 is 0. The van der Waals surface area contributed by atoms with E-state index in [1.165, 1.54) is 0 Å². The molecule has 64 valence electrons. The third-order valence-electron chi connectivity index (χ3n) is 2.16. The number of hydrogen-bond acceptors (Lipinski definition) is 1. The Morgan fingerprint density at radius 1 is 1.67 bits per heavy atom. The van der Waals surface area contributed by atoms with Crippen LogP contribution in [0.25, 0.3) is 0 Å². The van der Waals surface area contributed by atoms with Crippen LogP contribution in [0.4, 0.5) is 0 Å². The van der Waals surface area contributed by atoms with Crippen LogP contribution in [0.5, 0.6) is 0 Å². The van der Waals surface area contributed by atoms with Crippen LogP contribution in [0.3, 0.4) is 0 Å². The first-order valence-corrected chi connectivity index (χ1v) is 4.47. The molecular formula is C11H14O. The van der Waals surface area contributed by atoms with Crippen molar-refractivity contribution >= 4 is 5.78 Å². The predicted octanol–water partition coefficient (Wildman–Crippen LogP) is 2.33. The van der Waals surface area contributed by atoms with Crippen LogP contribution in [-0.2, 0) is 4.79 Å². The van der Waals surface area contributed by atoms with Gasteiger partial charge < -0.3 is 0 Å². The first kappa shape index (κ1) is 9.06. The molecule has 0 radical (unpaired) electrons. The summed E-state index contributed by atoms with van der Waals surface area (Å²) in [6.45, 7) is 4.09. The van der Waals surface area contributed by atoms with Gasteiger partial charge in [-0.05, 0) is 18.4 Å². The molecule has 0 aromatic rings. The van der Waals surface area contributed by atoms with E-state index in [2.05, 4.69) is 18.8 Å². The van der Waals surface area contributed by atoms with Crippen molar-refractivity contribution in [3.63, 3.8) is 0 Å². The largest absolute Gasteiger partial charge is 0.295 e. The predicted molar refractivity (Wildman–Crippen MR) is 49.6 cm³/mol. The molecule has 1 nitrogen and oxygen atoms in total. The molecule has 1 rings (SSSR count). The zero-order chi connectivity index (χ0) is 8.97. The van der Waals surface area contributed by atoms with E-state index >= 15 is 0 Å². The Labute approximate surface area is 73.9 Å². The van der Waals surface area contributed by atoms with Gasteiger partial charge in [0.15, 0.2) is 5.78 Å². The average Bonchev–Trinajstić information content (AvgIpc) is 2.35. The minimum atomic E-state index is 0.285. The van der Waals surface area contributed by atoms with Gasteiger partial charge in [-0.15, -0.1) is 0 Å². The molecule has 0 heterocycles. The van der Waals surface area contributed by atoms with E-state index in [1.54, 1.807) is 6.08 Å². The van der Waals surface area contributed by atoms with Crippen LogP contribution in [0.2, 0.25) is 0 Å². The molecule has 0 aliphatic heterocycles. The monoisotopic (exact) mass is 162 g/mol. The zero-order valence-electron chi connectivity index (χ0n) is 7.68. The topological polar surface area (TPSA) is 17.1 Å². The minimum absolute atomic E-state index is 0.285. The average molecular weight is 162 g/mol. The van der Waals surface area contributed by atoms with Crippen molar-refractivity contribution in [2.45, 2.75) is 33.1 Å². The van der Waals surface area contributed by atoms with Crippen LogP contribution in [0, 0.1) is 17.8 Å². The summed E-state index contributed by atoms with van der Waals surface area (Å²) in [7, 11) is 0. The van der Waals surface area contributed by atoms with Crippen molar-refractivity contribution in [2.24, 2.45) is 5.92 Å². The van der Waals surface area contributed by atoms with Crippen LogP contribution in [0.15, 0.2) is 11.6 Å². The Bertz CT molecular complexity index is 262. The third kappa shape index (κ3) is 1.98. The van der Waals surface area contributed by atoms with Crippen LogP contribution in [-0.4, -0.2) is 5.78 Å². The first-order chi connectivity index (χ1) is 5.75. The van der Waals surface area contributed by atoms with Crippen LogP contribution in [0.1, 0.15) is 33.1 Å². The van der Waals surface area contributed by atoms with E-state index in [0.29, 0.717) is 12.3 Å². The summed E-state index contributed by atoms with van der Waals surface area (Å²) >= 11 is 0. The van der Waals surface area contributed by atoms with E-state index in [0.717, 1.165) is 18.4 Å². The fraction of sp³-hybridized carbons (Fsp3) is 0.545. The smallest absolute Gasteiger partial charge is 0.159 e. The molecule has 1 aliphatic carbocycles. The van der Waals surface area contributed by atoms with Crippen LogP contribution < -0.4 is 0 Å². The van der Waals surface area contributed by atoms with Crippen molar-refractivity contribution in [3.8, 4) is 11.8 Å². The van der Waals surface area contributed by atoms with Gasteiger partial charge in [-0.25, -0.2) is 0 Å². The highest BCUT2D eigenvalue weighted by atomic mass is 16.1. The van der Waals surface area contributed by atoms with Gasteiger partial charge >= 0.3 is 0 Å². The third-order valence-corrected chi connectivity index (χ3v) is 2.16. The molecule has 0 aromatic carbocycles. The number of rotatable bonds is 0. The molecular weight excluding hydrogens is 148 g/mol. The van der Waals surface area contributed by atoms with Gasteiger partial charge in [0.1, 0.15) is 0 Å². The molecule has 0 N–H and O–H groups in total. The molecule has 1 heteroatoms. The van der Waals surface area contributed by atoms with Crippen LogP contribution >= 0.6 is 0 Å². The Kier molecular flexibility index (Phi) is 3.10. The summed E-state index contributed by atoms with van der Waals surface area (Å²) in [6, 6.07) is 0. The molecule has 1 fully saturated rings. The van der Waals surface area contributed by atoms with E-state index in [9.17, 15) is 4.79 Å². The molecule has 1 unspecified atom stereocenters. The molecule has 0 spiro atoms. The Morgan fingerprint density at radius 3 is 2.92 bits per heavy atom. The number of ketones is 1. The SMILES string of the molecule is CCC#C/C=C1\C(=O)CCC1C. The maximum absolute atomic E-state index is 11.2. The number of carbonyl (C=O) groups excluding carboxylic acids is 1. The van der Waals surface area contributed by atoms with Crippen molar-refractivity contribution in [1.82, 2.24) is 0 Å². The van der Waals surface area contributed by atoms with Crippen molar-refractivity contribution in [3.05, 3.63) is 11.6 Å². The van der Waals surface area contributed by atoms with Gasteiger partial charge in [0.25, 0.3) is 0 Å². The van der Waals surface area contributed by atoms with Gasteiger partial charge in [0.05, 0.1) is 0 Å². The molecule has 0 bridgehead atoms. The number of Topliss-reactive ketones (excluding diaryl/α,β-unsaturated/α-hetero) is 1. The molecule has 12 heavy (non-hydrogen) atoms. The summed E-state index contributed by atoms with van der Waals surface area (Å²) in [5.74, 6) is 6.55. The van der Waals surface area contributed by atoms with E-state index in [1.807, 2.05) is 6.92 Å². The quantitative estimate of drug-likeness (QED) is 0.394. The lowest BCUT2D eigenvalue weighted by Gasteiger charge is -1.98. The fourth-order valence-corrected chi connectivity index (χ4v) is 1.38. The van der Waals surface area contributed by atoms with E-state index in [-0.39, 0.29) is 5.78 Å². The Hall–Kier alpha value is -1.03. The zero-order valence-corrected chi connectivity index (χ0v) is 7.68. The van der Waals surface area contributed by atoms with Gasteiger partial charge in [-0.2, -0.15) is 0 Å². The highest BCUT2D eigenvalue weighted by molar-refractivity contribution is 5.98. The summed E-state index contributed by atoms with van der Waals surface area (Å²) in [4.78, 5) is 11.2. The second kappa shape index (κ2) is 4.11. The van der Waals surface area contributed by atoms with Gasteiger partial charge in [0, 0.05) is 18.4 Å². The molecule has 0 saturated heterocycles. The molecule has 1 saturated carbocycles. The lowest BCUT2D eigenvalue weighted by Crippen LogP contribution is -1.96. The van der Waals surface area contributed by atoms with Gasteiger partial charge in [0.2, 0.25) is 0 Å². The lowest BCUT2D eigenvalue weighted by molar-refractivity contribution is -0.114. The Balaban J connectivity index is 2.72. The fourth-order valence-electron chi connectivity index (χ4n) is 1.38.